The van der Waals surface area contributed by atoms with Crippen molar-refractivity contribution in [2.24, 2.45) is 11.5 Å². The van der Waals surface area contributed by atoms with Crippen LogP contribution in [-0.2, 0) is 19.8 Å². The number of carbonyl (C=O) groups is 3. The number of pyridine rings is 1. The lowest BCUT2D eigenvalue weighted by Gasteiger charge is -2.33. The molecule has 3 heterocycles. The second kappa shape index (κ2) is 6.85. The Balaban J connectivity index is 0.00000256. The van der Waals surface area contributed by atoms with E-state index in [0.717, 1.165) is 12.8 Å². The van der Waals surface area contributed by atoms with E-state index in [2.05, 4.69) is 10.3 Å². The van der Waals surface area contributed by atoms with Crippen LogP contribution in [0.3, 0.4) is 0 Å². The molecule has 3 aliphatic rings. The van der Waals surface area contributed by atoms with Crippen LogP contribution in [0.15, 0.2) is 18.3 Å². The smallest absolute Gasteiger partial charge is 0.238 e. The number of primary amides is 1. The molecule has 27 heavy (non-hydrogen) atoms. The van der Waals surface area contributed by atoms with E-state index >= 15 is 0 Å². The normalized spacial score (nSPS) is 32.6. The molecule has 1 spiro atoms. The van der Waals surface area contributed by atoms with Gasteiger partial charge in [-0.15, -0.1) is 12.4 Å². The number of carbonyl (C=O) groups excluding carboxylic acids is 3. The molecule has 1 aromatic rings. The number of ketones is 1. The third-order valence-electron chi connectivity index (χ3n) is 5.59. The van der Waals surface area contributed by atoms with Gasteiger partial charge < -0.3 is 16.8 Å². The molecule has 4 atom stereocenters. The lowest BCUT2D eigenvalue weighted by atomic mass is 9.72. The van der Waals surface area contributed by atoms with Gasteiger partial charge in [0.1, 0.15) is 11.2 Å². The van der Waals surface area contributed by atoms with Gasteiger partial charge in [0.2, 0.25) is 11.8 Å². The van der Waals surface area contributed by atoms with Crippen molar-refractivity contribution in [2.45, 2.75) is 62.1 Å². The molecule has 8 nitrogen and oxygen atoms in total. The number of fused-ring (bicyclic) bond motifs is 2. The number of nitrogens with zero attached hydrogens (tertiary/aromatic N) is 2. The van der Waals surface area contributed by atoms with Crippen molar-refractivity contribution in [1.82, 2.24) is 9.88 Å². The van der Waals surface area contributed by atoms with Crippen LogP contribution in [0.1, 0.15) is 42.2 Å². The van der Waals surface area contributed by atoms with Crippen LogP contribution in [-0.4, -0.2) is 51.6 Å². The molecule has 1 saturated carbocycles. The Morgan fingerprint density at radius 2 is 2.26 bits per heavy atom. The fourth-order valence-electron chi connectivity index (χ4n) is 4.49. The quantitative estimate of drug-likeness (QED) is 0.646. The predicted molar refractivity (Wildman–Crippen MR) is 101 cm³/mol. The Morgan fingerprint density at radius 1 is 1.52 bits per heavy atom. The van der Waals surface area contributed by atoms with Gasteiger partial charge in [-0.2, -0.15) is 0 Å². The van der Waals surface area contributed by atoms with Crippen molar-refractivity contribution in [3.63, 3.8) is 0 Å². The van der Waals surface area contributed by atoms with E-state index in [4.69, 9.17) is 15.6 Å². The van der Waals surface area contributed by atoms with Gasteiger partial charge in [0, 0.05) is 34.4 Å². The molecule has 0 aromatic carbocycles. The Labute approximate surface area is 167 Å². The molecule has 1 saturated heterocycles. The summed E-state index contributed by atoms with van der Waals surface area (Å²) in [4.78, 5) is 44.8. The molecule has 2 amide bonds. The van der Waals surface area contributed by atoms with Gasteiger partial charge in [-0.3, -0.25) is 19.3 Å². The SMILES string of the molecule is Cl.[2H]C([2H])([2H])C(N)CC(=O)C1N(C2CC2)[C@H](C(N)=O)C[C@]12C(=O)Nc1ncccc12. The number of aromatic nitrogens is 1. The molecule has 5 N–H and O–H groups in total. The monoisotopic (exact) mass is 396 g/mol. The van der Waals surface area contributed by atoms with Gasteiger partial charge in [-0.25, -0.2) is 4.98 Å². The maximum atomic E-state index is 13.4. The number of likely N-dealkylation sites (tertiary alicyclic amines) is 1. The van der Waals surface area contributed by atoms with Crippen LogP contribution in [0.25, 0.3) is 0 Å². The average Bonchev–Trinajstić information content (AvgIpc) is 3.35. The number of hydrogen-bond acceptors (Lipinski definition) is 6. The highest BCUT2D eigenvalue weighted by Gasteiger charge is 2.66. The maximum absolute atomic E-state index is 13.4. The van der Waals surface area contributed by atoms with Gasteiger partial charge in [0.05, 0.1) is 12.1 Å². The first-order chi connectivity index (χ1) is 13.6. The van der Waals surface area contributed by atoms with E-state index in [1.54, 1.807) is 17.0 Å². The van der Waals surface area contributed by atoms with Crippen LogP contribution in [0, 0.1) is 0 Å². The van der Waals surface area contributed by atoms with E-state index in [9.17, 15) is 14.4 Å². The second-order valence-electron chi connectivity index (χ2n) is 7.31. The first kappa shape index (κ1) is 16.0. The van der Waals surface area contributed by atoms with Gasteiger partial charge in [0.15, 0.2) is 5.78 Å². The molecular weight excluding hydrogens is 370 g/mol. The van der Waals surface area contributed by atoms with Crippen molar-refractivity contribution in [3.8, 4) is 0 Å². The van der Waals surface area contributed by atoms with Crippen LogP contribution in [0.5, 0.6) is 0 Å². The first-order valence-electron chi connectivity index (χ1n) is 10.2. The highest BCUT2D eigenvalue weighted by atomic mass is 35.5. The molecule has 1 aliphatic carbocycles. The average molecular weight is 397 g/mol. The molecule has 9 heteroatoms. The summed E-state index contributed by atoms with van der Waals surface area (Å²) in [5.41, 5.74) is 10.6. The molecule has 2 fully saturated rings. The Bertz CT molecular complexity index is 894. The third kappa shape index (κ3) is 2.92. The van der Waals surface area contributed by atoms with Gasteiger partial charge in [-0.1, -0.05) is 6.07 Å². The second-order valence-corrected chi connectivity index (χ2v) is 7.31. The molecule has 2 unspecified atom stereocenters. The van der Waals surface area contributed by atoms with Crippen molar-refractivity contribution >= 4 is 35.8 Å². The fourth-order valence-corrected chi connectivity index (χ4v) is 4.49. The summed E-state index contributed by atoms with van der Waals surface area (Å²) in [5.74, 6) is -1.18. The minimum absolute atomic E-state index is 0. The zero-order valence-electron chi connectivity index (χ0n) is 17.6. The number of Topliss-reactive ketones (excluding diaryl/α,β-unsaturated/α-hetero) is 1. The van der Waals surface area contributed by atoms with Crippen LogP contribution < -0.4 is 16.8 Å². The molecular formula is C18H24ClN5O3. The van der Waals surface area contributed by atoms with Gasteiger partial charge >= 0.3 is 0 Å². The third-order valence-corrected chi connectivity index (χ3v) is 5.59. The lowest BCUT2D eigenvalue weighted by Crippen LogP contribution is -2.54. The maximum Gasteiger partial charge on any atom is 0.238 e. The molecule has 4 rings (SSSR count). The predicted octanol–water partition coefficient (Wildman–Crippen LogP) is 0.0903. The standard InChI is InChI=1S/C18H23N5O3.ClH/c1-9(19)7-13(24)14-18(8-12(15(20)25)23(14)10-4-5-10)11-3-2-6-21-16(11)22-17(18)26;/h2-3,6,9-10,12,14H,4-5,7-8,19H2,1H3,(H2,20,25)(H,21,22,26);1H/t9?,12-,14?,18+;/m0./s1/i1D3;. The highest BCUT2D eigenvalue weighted by Crippen LogP contribution is 2.53. The molecule has 1 aromatic heterocycles. The molecule has 146 valence electrons. The van der Waals surface area contributed by atoms with E-state index in [0.29, 0.717) is 11.4 Å². The summed E-state index contributed by atoms with van der Waals surface area (Å²) in [6.07, 6.45) is 2.69. The van der Waals surface area contributed by atoms with Crippen LogP contribution in [0.4, 0.5) is 5.82 Å². The molecule has 2 aliphatic heterocycles. The zero-order chi connectivity index (χ0) is 21.1. The van der Waals surface area contributed by atoms with Crippen LogP contribution in [0.2, 0.25) is 0 Å². The minimum atomic E-state index is -2.51. The Kier molecular flexibility index (Phi) is 4.05. The van der Waals surface area contributed by atoms with E-state index < -0.39 is 54.4 Å². The summed E-state index contributed by atoms with van der Waals surface area (Å²) in [6.45, 7) is -2.51. The van der Waals surface area contributed by atoms with E-state index in [-0.39, 0.29) is 24.9 Å². The zero-order valence-corrected chi connectivity index (χ0v) is 15.4. The minimum Gasteiger partial charge on any atom is -0.368 e. The van der Waals surface area contributed by atoms with Crippen LogP contribution >= 0.6 is 12.4 Å². The van der Waals surface area contributed by atoms with Crippen molar-refractivity contribution in [2.75, 3.05) is 5.32 Å². The number of rotatable bonds is 5. The largest absolute Gasteiger partial charge is 0.368 e. The molecule has 0 radical (unpaired) electrons. The first-order valence-corrected chi connectivity index (χ1v) is 8.69. The molecule has 0 bridgehead atoms. The van der Waals surface area contributed by atoms with Gasteiger partial charge in [-0.05, 0) is 32.2 Å². The summed E-state index contributed by atoms with van der Waals surface area (Å²) >= 11 is 0. The number of nitrogens with one attached hydrogen (secondary N) is 1. The summed E-state index contributed by atoms with van der Waals surface area (Å²) in [6, 6.07) is 0.120. The number of nitrogens with two attached hydrogens (primary N) is 2. The van der Waals surface area contributed by atoms with Gasteiger partial charge in [0.25, 0.3) is 0 Å². The highest BCUT2D eigenvalue weighted by molar-refractivity contribution is 6.11. The van der Waals surface area contributed by atoms with E-state index in [1.165, 1.54) is 6.20 Å². The van der Waals surface area contributed by atoms with Crippen molar-refractivity contribution < 1.29 is 18.5 Å². The fraction of sp³-hybridized carbons (Fsp3) is 0.556. The number of hydrogen-bond donors (Lipinski definition) is 3. The lowest BCUT2D eigenvalue weighted by molar-refractivity contribution is -0.132. The van der Waals surface area contributed by atoms with E-state index in [1.807, 2.05) is 0 Å². The topological polar surface area (TPSA) is 131 Å². The summed E-state index contributed by atoms with van der Waals surface area (Å²) < 4.78 is 22.5. The Hall–Kier alpha value is -2.03. The number of anilines is 1. The summed E-state index contributed by atoms with van der Waals surface area (Å²) in [7, 11) is 0. The number of amides is 2. The number of halogens is 1. The summed E-state index contributed by atoms with van der Waals surface area (Å²) in [5, 5.41) is 2.71. The Morgan fingerprint density at radius 3 is 2.89 bits per heavy atom. The van der Waals surface area contributed by atoms with Crippen molar-refractivity contribution in [3.05, 3.63) is 23.9 Å². The van der Waals surface area contributed by atoms with Crippen molar-refractivity contribution in [1.29, 1.82) is 0 Å².